The Morgan fingerprint density at radius 2 is 1.92 bits per heavy atom. The van der Waals surface area contributed by atoms with Gasteiger partial charge in [-0.2, -0.15) is 18.4 Å². The molecule has 0 heterocycles. The number of alkyl halides is 3. The van der Waals surface area contributed by atoms with E-state index in [1.54, 1.807) is 30.3 Å². The van der Waals surface area contributed by atoms with Crippen LogP contribution < -0.4 is 14.8 Å². The van der Waals surface area contributed by atoms with Crippen LogP contribution >= 0.6 is 11.6 Å². The zero-order chi connectivity index (χ0) is 18.4. The molecule has 2 aromatic rings. The molecule has 0 bridgehead atoms. The zero-order valence-corrected chi connectivity index (χ0v) is 13.9. The van der Waals surface area contributed by atoms with Crippen LogP contribution in [0, 0.1) is 11.3 Å². The molecule has 0 fully saturated rings. The minimum absolute atomic E-state index is 0.00721. The molecule has 8 heteroatoms. The van der Waals surface area contributed by atoms with Crippen LogP contribution in [0.5, 0.6) is 11.5 Å². The van der Waals surface area contributed by atoms with Crippen LogP contribution in [0.4, 0.5) is 18.9 Å². The molecule has 0 saturated carbocycles. The SMILES string of the molecule is COc1cc(CNc2ccc(Cl)cc2C#N)ccc1OCC(F)(F)F. The number of rotatable bonds is 6. The predicted octanol–water partition coefficient (Wildman–Crippen LogP) is 4.77. The third-order valence-corrected chi connectivity index (χ3v) is 3.44. The van der Waals surface area contributed by atoms with Crippen LogP contribution in [0.3, 0.4) is 0 Å². The number of nitrogens with zero attached hydrogens (tertiary/aromatic N) is 1. The lowest BCUT2D eigenvalue weighted by atomic mass is 10.1. The highest BCUT2D eigenvalue weighted by Crippen LogP contribution is 2.30. The first-order valence-electron chi connectivity index (χ1n) is 7.12. The molecule has 0 aliphatic carbocycles. The lowest BCUT2D eigenvalue weighted by Gasteiger charge is -2.14. The number of methoxy groups -OCH3 is 1. The van der Waals surface area contributed by atoms with Crippen molar-refractivity contribution in [3.8, 4) is 17.6 Å². The highest BCUT2D eigenvalue weighted by Gasteiger charge is 2.29. The first kappa shape index (κ1) is 18.7. The number of hydrogen-bond acceptors (Lipinski definition) is 4. The van der Waals surface area contributed by atoms with E-state index in [0.717, 1.165) is 5.56 Å². The number of nitrogens with one attached hydrogen (secondary N) is 1. The Balaban J connectivity index is 2.10. The first-order valence-corrected chi connectivity index (χ1v) is 7.50. The van der Waals surface area contributed by atoms with Crippen molar-refractivity contribution in [2.45, 2.75) is 12.7 Å². The number of halogens is 4. The zero-order valence-electron chi connectivity index (χ0n) is 13.2. The molecule has 25 heavy (non-hydrogen) atoms. The number of benzene rings is 2. The second-order valence-electron chi connectivity index (χ2n) is 5.04. The maximum Gasteiger partial charge on any atom is 0.422 e. The highest BCUT2D eigenvalue weighted by molar-refractivity contribution is 6.30. The van der Waals surface area contributed by atoms with E-state index in [-0.39, 0.29) is 11.5 Å². The molecule has 132 valence electrons. The van der Waals surface area contributed by atoms with E-state index >= 15 is 0 Å². The van der Waals surface area contributed by atoms with E-state index in [1.165, 1.54) is 13.2 Å². The summed E-state index contributed by atoms with van der Waals surface area (Å²) in [5.41, 5.74) is 1.74. The molecule has 0 amide bonds. The van der Waals surface area contributed by atoms with Gasteiger partial charge in [0, 0.05) is 11.6 Å². The Kier molecular flexibility index (Phi) is 5.99. The van der Waals surface area contributed by atoms with Gasteiger partial charge in [0.25, 0.3) is 0 Å². The topological polar surface area (TPSA) is 54.3 Å². The fourth-order valence-corrected chi connectivity index (χ4v) is 2.23. The van der Waals surface area contributed by atoms with Gasteiger partial charge in [0.2, 0.25) is 0 Å². The van der Waals surface area contributed by atoms with Crippen LogP contribution in [0.1, 0.15) is 11.1 Å². The lowest BCUT2D eigenvalue weighted by Crippen LogP contribution is -2.19. The quantitative estimate of drug-likeness (QED) is 0.795. The maximum atomic E-state index is 12.3. The largest absolute Gasteiger partial charge is 0.493 e. The van der Waals surface area contributed by atoms with E-state index in [1.807, 2.05) is 6.07 Å². The van der Waals surface area contributed by atoms with E-state index in [9.17, 15) is 13.2 Å². The van der Waals surface area contributed by atoms with Crippen LogP contribution in [0.2, 0.25) is 5.02 Å². The molecule has 4 nitrogen and oxygen atoms in total. The average Bonchev–Trinajstić information content (AvgIpc) is 2.58. The van der Waals surface area contributed by atoms with Crippen LogP contribution in [0.25, 0.3) is 0 Å². The Hall–Kier alpha value is -2.59. The van der Waals surface area contributed by atoms with Gasteiger partial charge < -0.3 is 14.8 Å². The van der Waals surface area contributed by atoms with Crippen LogP contribution in [-0.2, 0) is 6.54 Å². The summed E-state index contributed by atoms with van der Waals surface area (Å²) in [6, 6.07) is 11.5. The summed E-state index contributed by atoms with van der Waals surface area (Å²) >= 11 is 5.84. The van der Waals surface area contributed by atoms with Gasteiger partial charge in [0.15, 0.2) is 18.1 Å². The van der Waals surface area contributed by atoms with Crippen LogP contribution in [-0.4, -0.2) is 19.9 Å². The molecule has 0 saturated heterocycles. The third kappa shape index (κ3) is 5.47. The normalized spacial score (nSPS) is 10.9. The fourth-order valence-electron chi connectivity index (χ4n) is 2.06. The third-order valence-electron chi connectivity index (χ3n) is 3.20. The summed E-state index contributed by atoms with van der Waals surface area (Å²) in [6.07, 6.45) is -4.42. The smallest absolute Gasteiger partial charge is 0.422 e. The molecule has 2 aromatic carbocycles. The second-order valence-corrected chi connectivity index (χ2v) is 5.48. The van der Waals surface area contributed by atoms with Crippen molar-refractivity contribution < 1.29 is 22.6 Å². The molecular weight excluding hydrogens is 357 g/mol. The molecule has 1 N–H and O–H groups in total. The number of hydrogen-bond donors (Lipinski definition) is 1. The standard InChI is InChI=1S/C17H14ClF3N2O2/c1-24-16-6-11(2-5-15(16)25-10-17(19,20)21)9-23-14-4-3-13(18)7-12(14)8-22/h2-7,23H,9-10H2,1H3. The van der Waals surface area contributed by atoms with Crippen molar-refractivity contribution in [3.05, 3.63) is 52.5 Å². The van der Waals surface area contributed by atoms with Gasteiger partial charge in [0.1, 0.15) is 6.07 Å². The molecule has 0 unspecified atom stereocenters. The van der Waals surface area contributed by atoms with Crippen molar-refractivity contribution in [1.82, 2.24) is 0 Å². The predicted molar refractivity (Wildman–Crippen MR) is 88.0 cm³/mol. The molecule has 2 rings (SSSR count). The van der Waals surface area contributed by atoms with E-state index in [0.29, 0.717) is 22.8 Å². The second kappa shape index (κ2) is 7.99. The van der Waals surface area contributed by atoms with Crippen molar-refractivity contribution in [2.24, 2.45) is 0 Å². The molecule has 0 aliphatic heterocycles. The fraction of sp³-hybridized carbons (Fsp3) is 0.235. The molecular formula is C17H14ClF3N2O2. The molecule has 0 aliphatic rings. The summed E-state index contributed by atoms with van der Waals surface area (Å²) in [5, 5.41) is 12.6. The Labute approximate surface area is 147 Å². The van der Waals surface area contributed by atoms with Gasteiger partial charge in [-0.1, -0.05) is 17.7 Å². The summed E-state index contributed by atoms with van der Waals surface area (Å²) in [5.74, 6) is 0.202. The van der Waals surface area contributed by atoms with Gasteiger partial charge in [-0.15, -0.1) is 0 Å². The van der Waals surface area contributed by atoms with Crippen molar-refractivity contribution in [1.29, 1.82) is 5.26 Å². The van der Waals surface area contributed by atoms with Crippen molar-refractivity contribution >= 4 is 17.3 Å². The summed E-state index contributed by atoms with van der Waals surface area (Å²) in [4.78, 5) is 0. The van der Waals surface area contributed by atoms with E-state index < -0.39 is 12.8 Å². The Morgan fingerprint density at radius 3 is 2.56 bits per heavy atom. The van der Waals surface area contributed by atoms with Gasteiger partial charge in [-0.3, -0.25) is 0 Å². The lowest BCUT2D eigenvalue weighted by molar-refractivity contribution is -0.153. The average molecular weight is 371 g/mol. The molecule has 0 radical (unpaired) electrons. The van der Waals surface area contributed by atoms with Crippen LogP contribution in [0.15, 0.2) is 36.4 Å². The molecule has 0 atom stereocenters. The van der Waals surface area contributed by atoms with Gasteiger partial charge in [0.05, 0.1) is 18.4 Å². The number of ether oxygens (including phenoxy) is 2. The number of nitriles is 1. The summed E-state index contributed by atoms with van der Waals surface area (Å²) < 4.78 is 46.6. The number of anilines is 1. The molecule has 0 spiro atoms. The summed E-state index contributed by atoms with van der Waals surface area (Å²) in [6.45, 7) is -1.05. The van der Waals surface area contributed by atoms with E-state index in [4.69, 9.17) is 26.3 Å². The Bertz CT molecular complexity index is 788. The summed E-state index contributed by atoms with van der Waals surface area (Å²) in [7, 11) is 1.35. The first-order chi connectivity index (χ1) is 11.8. The monoisotopic (exact) mass is 370 g/mol. The van der Waals surface area contributed by atoms with E-state index in [2.05, 4.69) is 5.32 Å². The minimum Gasteiger partial charge on any atom is -0.493 e. The van der Waals surface area contributed by atoms with Gasteiger partial charge >= 0.3 is 6.18 Å². The molecule has 0 aromatic heterocycles. The Morgan fingerprint density at radius 1 is 1.16 bits per heavy atom. The highest BCUT2D eigenvalue weighted by atomic mass is 35.5. The minimum atomic E-state index is -4.42. The van der Waals surface area contributed by atoms with Crippen molar-refractivity contribution in [2.75, 3.05) is 19.0 Å². The van der Waals surface area contributed by atoms with Gasteiger partial charge in [-0.05, 0) is 35.9 Å². The van der Waals surface area contributed by atoms with Gasteiger partial charge in [-0.25, -0.2) is 0 Å². The van der Waals surface area contributed by atoms with Crippen molar-refractivity contribution in [3.63, 3.8) is 0 Å². The maximum absolute atomic E-state index is 12.3.